The molecule has 0 saturated carbocycles. The fraction of sp³-hybridized carbons (Fsp3) is 0.400. The number of pyridine rings is 1. The van der Waals surface area contributed by atoms with Gasteiger partial charge in [0.15, 0.2) is 5.78 Å². The summed E-state index contributed by atoms with van der Waals surface area (Å²) in [5.41, 5.74) is 3.16. The van der Waals surface area contributed by atoms with Crippen LogP contribution in [0.3, 0.4) is 0 Å². The van der Waals surface area contributed by atoms with E-state index in [4.69, 9.17) is 4.74 Å². The second-order valence-corrected chi connectivity index (χ2v) is 9.07. The Balaban J connectivity index is 1.37. The minimum Gasteiger partial charge on any atom is -0.508 e. The zero-order chi connectivity index (χ0) is 25.4. The van der Waals surface area contributed by atoms with Gasteiger partial charge in [-0.25, -0.2) is 0 Å². The Kier molecular flexibility index (Phi) is 12.1. The minimum absolute atomic E-state index is 0.00683. The van der Waals surface area contributed by atoms with Gasteiger partial charge in [-0.05, 0) is 68.1 Å². The number of ketones is 1. The second-order valence-electron chi connectivity index (χ2n) is 9.07. The van der Waals surface area contributed by atoms with Crippen molar-refractivity contribution in [1.82, 2.24) is 9.88 Å². The quantitative estimate of drug-likeness (QED) is 0.201. The van der Waals surface area contributed by atoms with E-state index in [2.05, 4.69) is 22.0 Å². The van der Waals surface area contributed by atoms with Crippen molar-refractivity contribution in [3.63, 3.8) is 0 Å². The molecule has 2 N–H and O–H groups in total. The van der Waals surface area contributed by atoms with E-state index in [1.165, 1.54) is 11.6 Å². The van der Waals surface area contributed by atoms with E-state index < -0.39 is 0 Å². The average molecular weight is 491 g/mol. The maximum Gasteiger partial charge on any atom is 0.176 e. The summed E-state index contributed by atoms with van der Waals surface area (Å²) < 4.78 is 5.77. The van der Waals surface area contributed by atoms with Crippen molar-refractivity contribution in [2.24, 2.45) is 0 Å². The Labute approximate surface area is 214 Å². The van der Waals surface area contributed by atoms with Gasteiger partial charge in [0, 0.05) is 42.8 Å². The lowest BCUT2D eigenvalue weighted by Crippen LogP contribution is -2.30. The van der Waals surface area contributed by atoms with Gasteiger partial charge in [0.1, 0.15) is 5.75 Å². The molecule has 3 rings (SSSR count). The first-order chi connectivity index (χ1) is 17.7. The van der Waals surface area contributed by atoms with E-state index in [1.807, 2.05) is 42.6 Å². The monoisotopic (exact) mass is 490 g/mol. The highest BCUT2D eigenvalue weighted by Gasteiger charge is 2.15. The number of carbonyl (C=O) groups excluding carboxylic acids is 1. The number of hydrogen-bond acceptors (Lipinski definition) is 6. The van der Waals surface area contributed by atoms with Crippen molar-refractivity contribution in [1.29, 1.82) is 0 Å². The van der Waals surface area contributed by atoms with Crippen LogP contribution in [0, 0.1) is 0 Å². The van der Waals surface area contributed by atoms with Crippen molar-refractivity contribution in [2.45, 2.75) is 51.7 Å². The number of rotatable bonds is 17. The SMILES string of the molecule is O=C(CN(CCCCCCOCCCc1ccccn1)Cc1ccccc1)c1ccc(O)c(CO)c1. The summed E-state index contributed by atoms with van der Waals surface area (Å²) in [5, 5.41) is 19.2. The molecule has 0 spiro atoms. The third-order valence-corrected chi connectivity index (χ3v) is 6.15. The number of aliphatic hydroxyl groups excluding tert-OH is 1. The number of carbonyl (C=O) groups is 1. The van der Waals surface area contributed by atoms with Crippen molar-refractivity contribution >= 4 is 5.78 Å². The van der Waals surface area contributed by atoms with Crippen molar-refractivity contribution in [2.75, 3.05) is 26.3 Å². The number of ether oxygens (including phenoxy) is 1. The van der Waals surface area contributed by atoms with Gasteiger partial charge in [-0.2, -0.15) is 0 Å². The summed E-state index contributed by atoms with van der Waals surface area (Å²) in [6.45, 7) is 3.08. The molecule has 0 aliphatic rings. The molecule has 1 aromatic heterocycles. The maximum atomic E-state index is 13.0. The lowest BCUT2D eigenvalue weighted by Gasteiger charge is -2.22. The predicted octanol–water partition coefficient (Wildman–Crippen LogP) is 5.17. The van der Waals surface area contributed by atoms with Crippen molar-refractivity contribution < 1.29 is 19.7 Å². The Morgan fingerprint density at radius 1 is 0.889 bits per heavy atom. The molecule has 0 radical (unpaired) electrons. The van der Waals surface area contributed by atoms with Crippen LogP contribution in [-0.4, -0.2) is 52.2 Å². The highest BCUT2D eigenvalue weighted by Crippen LogP contribution is 2.19. The van der Waals surface area contributed by atoms with E-state index in [9.17, 15) is 15.0 Å². The summed E-state index contributed by atoms with van der Waals surface area (Å²) >= 11 is 0. The van der Waals surface area contributed by atoms with E-state index >= 15 is 0 Å². The van der Waals surface area contributed by atoms with E-state index in [-0.39, 0.29) is 18.1 Å². The molecule has 1 heterocycles. The van der Waals surface area contributed by atoms with Crippen molar-refractivity contribution in [3.8, 4) is 5.75 Å². The van der Waals surface area contributed by atoms with Gasteiger partial charge < -0.3 is 14.9 Å². The van der Waals surface area contributed by atoms with Crippen molar-refractivity contribution in [3.05, 3.63) is 95.3 Å². The van der Waals surface area contributed by atoms with Gasteiger partial charge in [0.25, 0.3) is 0 Å². The standard InChI is InChI=1S/C30H38N2O4/c33-24-27-21-26(15-16-29(27)34)30(35)23-32(22-25-11-4-3-5-12-25)18-8-1-2-9-19-36-20-10-14-28-13-6-7-17-31-28/h3-7,11-13,15-17,21,33-34H,1-2,8-10,14,18-20,22-24H2. The zero-order valence-electron chi connectivity index (χ0n) is 21.0. The third kappa shape index (κ3) is 9.90. The average Bonchev–Trinajstić information content (AvgIpc) is 2.91. The van der Waals surface area contributed by atoms with E-state index in [1.54, 1.807) is 12.1 Å². The molecular formula is C30H38N2O4. The number of aryl methyl sites for hydroxylation is 1. The maximum absolute atomic E-state index is 13.0. The van der Waals surface area contributed by atoms with Crippen LogP contribution >= 0.6 is 0 Å². The van der Waals surface area contributed by atoms with Crippen LogP contribution in [0.5, 0.6) is 5.75 Å². The molecule has 0 bridgehead atoms. The Hall–Kier alpha value is -3.06. The molecule has 6 nitrogen and oxygen atoms in total. The summed E-state index contributed by atoms with van der Waals surface area (Å²) in [6, 6.07) is 20.8. The lowest BCUT2D eigenvalue weighted by molar-refractivity contribution is 0.0923. The van der Waals surface area contributed by atoms with Crippen LogP contribution in [-0.2, 0) is 24.3 Å². The number of nitrogens with zero attached hydrogens (tertiary/aromatic N) is 2. The van der Waals surface area contributed by atoms with Gasteiger partial charge in [0.05, 0.1) is 13.2 Å². The lowest BCUT2D eigenvalue weighted by atomic mass is 10.1. The number of aliphatic hydroxyl groups is 1. The van der Waals surface area contributed by atoms with Crippen LogP contribution in [0.4, 0.5) is 0 Å². The molecule has 192 valence electrons. The minimum atomic E-state index is -0.297. The molecule has 0 unspecified atom stereocenters. The fourth-order valence-electron chi connectivity index (χ4n) is 4.13. The largest absolute Gasteiger partial charge is 0.508 e. The molecule has 0 amide bonds. The van der Waals surface area contributed by atoms with Gasteiger partial charge in [-0.1, -0.05) is 49.2 Å². The Morgan fingerprint density at radius 2 is 1.67 bits per heavy atom. The molecule has 36 heavy (non-hydrogen) atoms. The molecule has 0 aliphatic heterocycles. The predicted molar refractivity (Wildman–Crippen MR) is 142 cm³/mol. The summed E-state index contributed by atoms with van der Waals surface area (Å²) in [4.78, 5) is 19.5. The van der Waals surface area contributed by atoms with Crippen LogP contribution in [0.25, 0.3) is 0 Å². The topological polar surface area (TPSA) is 82.9 Å². The first-order valence-electron chi connectivity index (χ1n) is 12.9. The fourth-order valence-corrected chi connectivity index (χ4v) is 4.13. The van der Waals surface area contributed by atoms with Crippen LogP contribution < -0.4 is 0 Å². The van der Waals surface area contributed by atoms with E-state index in [0.29, 0.717) is 24.2 Å². The van der Waals surface area contributed by atoms with Crippen LogP contribution in [0.1, 0.15) is 59.3 Å². The first kappa shape index (κ1) is 27.5. The van der Waals surface area contributed by atoms with Crippen LogP contribution in [0.15, 0.2) is 72.9 Å². The number of aromatic nitrogens is 1. The normalized spacial score (nSPS) is 11.2. The van der Waals surface area contributed by atoms with Gasteiger partial charge in [-0.3, -0.25) is 14.7 Å². The molecule has 2 aromatic carbocycles. The van der Waals surface area contributed by atoms with Gasteiger partial charge in [-0.15, -0.1) is 0 Å². The molecule has 3 aromatic rings. The van der Waals surface area contributed by atoms with Gasteiger partial charge >= 0.3 is 0 Å². The third-order valence-electron chi connectivity index (χ3n) is 6.15. The number of phenols is 1. The number of aromatic hydroxyl groups is 1. The van der Waals surface area contributed by atoms with E-state index in [0.717, 1.165) is 64.0 Å². The highest BCUT2D eigenvalue weighted by molar-refractivity contribution is 5.98. The number of benzene rings is 2. The van der Waals surface area contributed by atoms with Gasteiger partial charge in [0.2, 0.25) is 0 Å². The molecular weight excluding hydrogens is 452 g/mol. The number of hydrogen-bond donors (Lipinski definition) is 2. The summed E-state index contributed by atoms with van der Waals surface area (Å²) in [5.74, 6) is -0.00731. The smallest absolute Gasteiger partial charge is 0.176 e. The highest BCUT2D eigenvalue weighted by atomic mass is 16.5. The Morgan fingerprint density at radius 3 is 2.44 bits per heavy atom. The molecule has 6 heteroatoms. The summed E-state index contributed by atoms with van der Waals surface area (Å²) in [7, 11) is 0. The molecule has 0 aliphatic carbocycles. The zero-order valence-corrected chi connectivity index (χ0v) is 21.0. The Bertz CT molecular complexity index is 1030. The number of Topliss-reactive ketones (excluding diaryl/α,β-unsaturated/α-hetero) is 1. The molecule has 0 fully saturated rings. The second kappa shape index (κ2) is 15.8. The summed E-state index contributed by atoms with van der Waals surface area (Å²) in [6.07, 6.45) is 8.00. The molecule has 0 atom stereocenters. The molecule has 0 saturated heterocycles. The first-order valence-corrected chi connectivity index (χ1v) is 12.9. The number of unbranched alkanes of at least 4 members (excludes halogenated alkanes) is 3. The van der Waals surface area contributed by atoms with Crippen LogP contribution in [0.2, 0.25) is 0 Å².